The van der Waals surface area contributed by atoms with Crippen molar-refractivity contribution < 1.29 is 19.0 Å². The summed E-state index contributed by atoms with van der Waals surface area (Å²) < 4.78 is 18.3. The summed E-state index contributed by atoms with van der Waals surface area (Å²) in [5.74, 6) is -0.335. The number of rotatable bonds is 5. The molecule has 0 saturated carbocycles. The summed E-state index contributed by atoms with van der Waals surface area (Å²) in [5.41, 5.74) is 0.533. The van der Waals surface area contributed by atoms with Crippen LogP contribution >= 0.6 is 0 Å². The first-order valence-corrected chi connectivity index (χ1v) is 6.85. The van der Waals surface area contributed by atoms with E-state index in [4.69, 9.17) is 9.84 Å². The summed E-state index contributed by atoms with van der Waals surface area (Å²) in [6, 6.07) is 5.85. The molecule has 0 aromatic heterocycles. The van der Waals surface area contributed by atoms with E-state index in [0.717, 1.165) is 0 Å². The molecule has 0 spiro atoms. The van der Waals surface area contributed by atoms with Gasteiger partial charge in [-0.2, -0.15) is 0 Å². The van der Waals surface area contributed by atoms with Gasteiger partial charge in [0, 0.05) is 31.1 Å². The minimum absolute atomic E-state index is 0.00393. The molecule has 4 nitrogen and oxygen atoms in total. The molecule has 20 heavy (non-hydrogen) atoms. The number of ether oxygens (including phenoxy) is 1. The van der Waals surface area contributed by atoms with Crippen LogP contribution in [0.25, 0.3) is 0 Å². The van der Waals surface area contributed by atoms with Gasteiger partial charge in [-0.1, -0.05) is 0 Å². The lowest BCUT2D eigenvalue weighted by Gasteiger charge is -2.37. The maximum absolute atomic E-state index is 12.8. The molecule has 1 saturated heterocycles. The molecule has 1 aromatic carbocycles. The van der Waals surface area contributed by atoms with Gasteiger partial charge in [0.25, 0.3) is 0 Å². The van der Waals surface area contributed by atoms with Gasteiger partial charge in [0.2, 0.25) is 0 Å². The number of carbonyl (C=O) groups excluding carboxylic acids is 1. The highest BCUT2D eigenvalue weighted by atomic mass is 19.1. The van der Waals surface area contributed by atoms with E-state index in [1.165, 1.54) is 24.3 Å². The Hall–Kier alpha value is -1.30. The minimum Gasteiger partial charge on any atom is -0.394 e. The van der Waals surface area contributed by atoms with Crippen LogP contribution in [0.15, 0.2) is 24.3 Å². The lowest BCUT2D eigenvalue weighted by Crippen LogP contribution is -2.49. The second-order valence-corrected chi connectivity index (χ2v) is 5.16. The van der Waals surface area contributed by atoms with Gasteiger partial charge in [-0.15, -0.1) is 0 Å². The Morgan fingerprint density at radius 3 is 2.80 bits per heavy atom. The molecular formula is C15H20FNO3. The highest BCUT2D eigenvalue weighted by molar-refractivity contribution is 5.96. The molecule has 1 heterocycles. The number of aliphatic hydroxyl groups is 1. The number of ketones is 1. The van der Waals surface area contributed by atoms with Crippen molar-refractivity contribution in [2.24, 2.45) is 0 Å². The number of morpholine rings is 1. The van der Waals surface area contributed by atoms with Crippen LogP contribution < -0.4 is 0 Å². The molecule has 1 aliphatic heterocycles. The Morgan fingerprint density at radius 1 is 1.45 bits per heavy atom. The average molecular weight is 281 g/mol. The van der Waals surface area contributed by atoms with Gasteiger partial charge >= 0.3 is 0 Å². The standard InChI is InChI=1S/C15H20FNO3/c1-11-10-20-14(9-18)8-17(11)7-6-15(19)12-2-4-13(16)5-3-12/h2-5,11,14,18H,6-10H2,1H3. The fraction of sp³-hybridized carbons (Fsp3) is 0.533. The number of hydrogen-bond donors (Lipinski definition) is 1. The van der Waals surface area contributed by atoms with Gasteiger partial charge in [-0.05, 0) is 31.2 Å². The molecule has 0 radical (unpaired) electrons. The van der Waals surface area contributed by atoms with Crippen LogP contribution in [-0.4, -0.2) is 54.2 Å². The van der Waals surface area contributed by atoms with E-state index in [9.17, 15) is 9.18 Å². The van der Waals surface area contributed by atoms with Gasteiger partial charge in [0.15, 0.2) is 5.78 Å². The molecule has 1 aliphatic rings. The fourth-order valence-electron chi connectivity index (χ4n) is 2.32. The molecule has 0 amide bonds. The van der Waals surface area contributed by atoms with Crippen molar-refractivity contribution >= 4 is 5.78 Å². The van der Waals surface area contributed by atoms with E-state index in [0.29, 0.717) is 31.7 Å². The Labute approximate surface area is 118 Å². The Bertz CT molecular complexity index is 449. The average Bonchev–Trinajstić information content (AvgIpc) is 2.47. The molecular weight excluding hydrogens is 261 g/mol. The maximum Gasteiger partial charge on any atom is 0.164 e. The third kappa shape index (κ3) is 3.85. The van der Waals surface area contributed by atoms with E-state index >= 15 is 0 Å². The molecule has 5 heteroatoms. The van der Waals surface area contributed by atoms with Crippen LogP contribution in [-0.2, 0) is 4.74 Å². The van der Waals surface area contributed by atoms with Crippen molar-refractivity contribution in [1.82, 2.24) is 4.90 Å². The van der Waals surface area contributed by atoms with E-state index in [-0.39, 0.29) is 30.4 Å². The van der Waals surface area contributed by atoms with Crippen molar-refractivity contribution in [2.75, 3.05) is 26.3 Å². The molecule has 2 rings (SSSR count). The van der Waals surface area contributed by atoms with Crippen LogP contribution in [0.4, 0.5) is 4.39 Å². The number of nitrogens with zero attached hydrogens (tertiary/aromatic N) is 1. The van der Waals surface area contributed by atoms with Gasteiger partial charge in [-0.3, -0.25) is 9.69 Å². The Balaban J connectivity index is 1.87. The van der Waals surface area contributed by atoms with Gasteiger partial charge in [0.05, 0.1) is 19.3 Å². The highest BCUT2D eigenvalue weighted by Gasteiger charge is 2.25. The third-order valence-corrected chi connectivity index (χ3v) is 3.63. The molecule has 0 bridgehead atoms. The van der Waals surface area contributed by atoms with Gasteiger partial charge in [-0.25, -0.2) is 4.39 Å². The van der Waals surface area contributed by atoms with Crippen molar-refractivity contribution in [3.8, 4) is 0 Å². The fourth-order valence-corrected chi connectivity index (χ4v) is 2.32. The summed E-state index contributed by atoms with van der Waals surface area (Å²) in [6.07, 6.45) is 0.209. The van der Waals surface area contributed by atoms with Crippen molar-refractivity contribution in [3.05, 3.63) is 35.6 Å². The van der Waals surface area contributed by atoms with E-state index in [1.54, 1.807) is 0 Å². The summed E-state index contributed by atoms with van der Waals surface area (Å²) in [6.45, 7) is 3.85. The number of halogens is 1. The van der Waals surface area contributed by atoms with Crippen LogP contribution in [0.2, 0.25) is 0 Å². The minimum atomic E-state index is -0.339. The topological polar surface area (TPSA) is 49.8 Å². The molecule has 2 unspecified atom stereocenters. The smallest absolute Gasteiger partial charge is 0.164 e. The number of aliphatic hydroxyl groups excluding tert-OH is 1. The first-order chi connectivity index (χ1) is 9.60. The highest BCUT2D eigenvalue weighted by Crippen LogP contribution is 2.13. The normalized spacial score (nSPS) is 23.8. The summed E-state index contributed by atoms with van der Waals surface area (Å²) in [4.78, 5) is 14.2. The third-order valence-electron chi connectivity index (χ3n) is 3.63. The quantitative estimate of drug-likeness (QED) is 0.831. The molecule has 1 aromatic rings. The van der Waals surface area contributed by atoms with Gasteiger partial charge < -0.3 is 9.84 Å². The van der Waals surface area contributed by atoms with E-state index in [1.807, 2.05) is 6.92 Å². The predicted octanol–water partition coefficient (Wildman–Crippen LogP) is 1.48. The predicted molar refractivity (Wildman–Crippen MR) is 73.2 cm³/mol. The molecule has 2 atom stereocenters. The van der Waals surface area contributed by atoms with Crippen molar-refractivity contribution in [1.29, 1.82) is 0 Å². The first-order valence-electron chi connectivity index (χ1n) is 6.85. The first kappa shape index (κ1) is 15.1. The van der Waals surface area contributed by atoms with Crippen LogP contribution in [0.3, 0.4) is 0 Å². The number of Topliss-reactive ketones (excluding diaryl/α,β-unsaturated/α-hetero) is 1. The van der Waals surface area contributed by atoms with Crippen LogP contribution in [0.1, 0.15) is 23.7 Å². The number of benzene rings is 1. The second kappa shape index (κ2) is 6.92. The zero-order valence-corrected chi connectivity index (χ0v) is 11.6. The van der Waals surface area contributed by atoms with E-state index < -0.39 is 0 Å². The number of hydrogen-bond acceptors (Lipinski definition) is 4. The summed E-state index contributed by atoms with van der Waals surface area (Å²) >= 11 is 0. The molecule has 0 aliphatic carbocycles. The Kier molecular flexibility index (Phi) is 5.23. The second-order valence-electron chi connectivity index (χ2n) is 5.16. The summed E-state index contributed by atoms with van der Waals surface area (Å²) in [5, 5.41) is 9.12. The van der Waals surface area contributed by atoms with Crippen molar-refractivity contribution in [2.45, 2.75) is 25.5 Å². The zero-order valence-electron chi connectivity index (χ0n) is 11.6. The Morgan fingerprint density at radius 2 is 2.15 bits per heavy atom. The van der Waals surface area contributed by atoms with Crippen LogP contribution in [0.5, 0.6) is 0 Å². The zero-order chi connectivity index (χ0) is 14.5. The SMILES string of the molecule is CC1COC(CO)CN1CCC(=O)c1ccc(F)cc1. The van der Waals surface area contributed by atoms with Crippen LogP contribution in [0, 0.1) is 5.82 Å². The van der Waals surface area contributed by atoms with Gasteiger partial charge in [0.1, 0.15) is 5.82 Å². The summed E-state index contributed by atoms with van der Waals surface area (Å²) in [7, 11) is 0. The lowest BCUT2D eigenvalue weighted by atomic mass is 10.1. The number of carbonyl (C=O) groups is 1. The maximum atomic E-state index is 12.8. The molecule has 1 fully saturated rings. The largest absolute Gasteiger partial charge is 0.394 e. The lowest BCUT2D eigenvalue weighted by molar-refractivity contribution is -0.0772. The van der Waals surface area contributed by atoms with Crippen molar-refractivity contribution in [3.63, 3.8) is 0 Å². The molecule has 110 valence electrons. The monoisotopic (exact) mass is 281 g/mol. The molecule has 1 N–H and O–H groups in total. The van der Waals surface area contributed by atoms with E-state index in [2.05, 4.69) is 4.90 Å².